The van der Waals surface area contributed by atoms with Gasteiger partial charge in [-0.1, -0.05) is 40.9 Å². The normalized spacial score (nSPS) is 12.6. The molecule has 2 aromatic carbocycles. The molecule has 5 nitrogen and oxygen atoms in total. The van der Waals surface area contributed by atoms with E-state index in [0.29, 0.717) is 22.1 Å². The summed E-state index contributed by atoms with van der Waals surface area (Å²) in [6.07, 6.45) is 1.43. The van der Waals surface area contributed by atoms with Gasteiger partial charge in [-0.05, 0) is 35.9 Å². The Hall–Kier alpha value is -2.39. The molecule has 0 spiro atoms. The van der Waals surface area contributed by atoms with Crippen molar-refractivity contribution in [3.63, 3.8) is 0 Å². The number of carbonyl (C=O) groups is 1. The minimum absolute atomic E-state index is 0.124. The van der Waals surface area contributed by atoms with Crippen molar-refractivity contribution in [2.75, 3.05) is 12.1 Å². The standard InChI is InChI=1S/C17H9Cl3N2O3/c18-11-5-12(19)16(13(20)6-11)22-17(23)10(7-21)3-9-1-2-14-15(4-9)25-8-24-14/h1-6H,8H2,(H,22,23)/b10-3+. The monoisotopic (exact) mass is 394 g/mol. The Bertz CT molecular complexity index is 912. The molecule has 0 aliphatic carbocycles. The van der Waals surface area contributed by atoms with Gasteiger partial charge in [0.2, 0.25) is 6.79 Å². The second-order valence-electron chi connectivity index (χ2n) is 4.98. The van der Waals surface area contributed by atoms with Gasteiger partial charge < -0.3 is 14.8 Å². The number of nitriles is 1. The van der Waals surface area contributed by atoms with Crippen LogP contribution < -0.4 is 14.8 Å². The lowest BCUT2D eigenvalue weighted by Crippen LogP contribution is -2.14. The number of benzene rings is 2. The molecule has 2 aromatic rings. The minimum Gasteiger partial charge on any atom is -0.454 e. The molecule has 3 rings (SSSR count). The van der Waals surface area contributed by atoms with Crippen LogP contribution in [0, 0.1) is 11.3 Å². The molecule has 0 atom stereocenters. The highest BCUT2D eigenvalue weighted by Crippen LogP contribution is 2.35. The fourth-order valence-electron chi connectivity index (χ4n) is 2.16. The van der Waals surface area contributed by atoms with E-state index >= 15 is 0 Å². The summed E-state index contributed by atoms with van der Waals surface area (Å²) in [6.45, 7) is 0.141. The third kappa shape index (κ3) is 3.83. The number of rotatable bonds is 3. The van der Waals surface area contributed by atoms with E-state index in [0.717, 1.165) is 0 Å². The number of ether oxygens (including phenoxy) is 2. The second kappa shape index (κ2) is 7.24. The maximum absolute atomic E-state index is 12.4. The van der Waals surface area contributed by atoms with E-state index in [1.54, 1.807) is 18.2 Å². The maximum Gasteiger partial charge on any atom is 0.266 e. The van der Waals surface area contributed by atoms with Crippen LogP contribution in [0.15, 0.2) is 35.9 Å². The molecule has 25 heavy (non-hydrogen) atoms. The lowest BCUT2D eigenvalue weighted by Gasteiger charge is -2.09. The van der Waals surface area contributed by atoms with Crippen LogP contribution in [-0.4, -0.2) is 12.7 Å². The summed E-state index contributed by atoms with van der Waals surface area (Å²) in [7, 11) is 0. The van der Waals surface area contributed by atoms with Gasteiger partial charge in [0.25, 0.3) is 5.91 Å². The molecular formula is C17H9Cl3N2O3. The Labute approximate surface area is 158 Å². The Balaban J connectivity index is 1.86. The van der Waals surface area contributed by atoms with Gasteiger partial charge in [0, 0.05) is 5.02 Å². The molecule has 0 fully saturated rings. The summed E-state index contributed by atoms with van der Waals surface area (Å²) in [4.78, 5) is 12.4. The molecule has 8 heteroatoms. The topological polar surface area (TPSA) is 71.3 Å². The van der Waals surface area contributed by atoms with E-state index in [-0.39, 0.29) is 28.1 Å². The minimum atomic E-state index is -0.647. The largest absolute Gasteiger partial charge is 0.454 e. The number of anilines is 1. The molecule has 0 saturated heterocycles. The molecular weight excluding hydrogens is 387 g/mol. The summed E-state index contributed by atoms with van der Waals surface area (Å²) in [6, 6.07) is 9.83. The molecule has 0 aromatic heterocycles. The van der Waals surface area contributed by atoms with Crippen LogP contribution in [0.25, 0.3) is 6.08 Å². The Morgan fingerprint density at radius 1 is 1.12 bits per heavy atom. The average molecular weight is 396 g/mol. The van der Waals surface area contributed by atoms with Gasteiger partial charge in [-0.15, -0.1) is 0 Å². The van der Waals surface area contributed by atoms with E-state index < -0.39 is 5.91 Å². The third-order valence-electron chi connectivity index (χ3n) is 3.32. The zero-order valence-corrected chi connectivity index (χ0v) is 14.7. The summed E-state index contributed by atoms with van der Waals surface area (Å²) in [5.74, 6) is 0.515. The van der Waals surface area contributed by atoms with Crippen molar-refractivity contribution >= 4 is 52.5 Å². The van der Waals surface area contributed by atoms with Crippen LogP contribution in [0.1, 0.15) is 5.56 Å². The summed E-state index contributed by atoms with van der Waals surface area (Å²) in [5.41, 5.74) is 0.676. The second-order valence-corrected chi connectivity index (χ2v) is 6.23. The van der Waals surface area contributed by atoms with Crippen molar-refractivity contribution in [2.24, 2.45) is 0 Å². The van der Waals surface area contributed by atoms with Gasteiger partial charge in [-0.3, -0.25) is 4.79 Å². The molecule has 0 unspecified atom stereocenters. The van der Waals surface area contributed by atoms with Crippen LogP contribution in [0.2, 0.25) is 15.1 Å². The van der Waals surface area contributed by atoms with Gasteiger partial charge in [-0.25, -0.2) is 0 Å². The molecule has 0 saturated carbocycles. The number of amides is 1. The number of carbonyl (C=O) groups excluding carboxylic acids is 1. The van der Waals surface area contributed by atoms with E-state index in [4.69, 9.17) is 44.3 Å². The number of hydrogen-bond acceptors (Lipinski definition) is 4. The Morgan fingerprint density at radius 3 is 2.48 bits per heavy atom. The van der Waals surface area contributed by atoms with E-state index in [1.165, 1.54) is 18.2 Å². The van der Waals surface area contributed by atoms with Crippen molar-refractivity contribution < 1.29 is 14.3 Å². The SMILES string of the molecule is N#C/C(=C\c1ccc2c(c1)OCO2)C(=O)Nc1c(Cl)cc(Cl)cc1Cl. The van der Waals surface area contributed by atoms with Gasteiger partial charge in [-0.2, -0.15) is 5.26 Å². The summed E-state index contributed by atoms with van der Waals surface area (Å²) >= 11 is 17.9. The summed E-state index contributed by atoms with van der Waals surface area (Å²) in [5, 5.41) is 12.5. The molecule has 0 radical (unpaired) electrons. The number of hydrogen-bond donors (Lipinski definition) is 1. The summed E-state index contributed by atoms with van der Waals surface area (Å²) < 4.78 is 10.5. The highest BCUT2D eigenvalue weighted by Gasteiger charge is 2.16. The third-order valence-corrected chi connectivity index (χ3v) is 4.13. The molecule has 1 N–H and O–H groups in total. The van der Waals surface area contributed by atoms with Crippen molar-refractivity contribution in [2.45, 2.75) is 0 Å². The van der Waals surface area contributed by atoms with Crippen molar-refractivity contribution in [1.29, 1.82) is 5.26 Å². The molecule has 1 heterocycles. The number of nitrogens with zero attached hydrogens (tertiary/aromatic N) is 1. The van der Waals surface area contributed by atoms with E-state index in [2.05, 4.69) is 5.32 Å². The molecule has 1 aliphatic rings. The predicted molar refractivity (Wildman–Crippen MR) is 96.3 cm³/mol. The molecule has 1 aliphatic heterocycles. The van der Waals surface area contributed by atoms with E-state index in [1.807, 2.05) is 6.07 Å². The Kier molecular flexibility index (Phi) is 5.05. The van der Waals surface area contributed by atoms with Crippen LogP contribution >= 0.6 is 34.8 Å². The van der Waals surface area contributed by atoms with Crippen LogP contribution in [0.5, 0.6) is 11.5 Å². The van der Waals surface area contributed by atoms with Crippen molar-refractivity contribution in [3.05, 3.63) is 56.5 Å². The van der Waals surface area contributed by atoms with Crippen molar-refractivity contribution in [3.8, 4) is 17.6 Å². The first-order valence-corrected chi connectivity index (χ1v) is 8.08. The smallest absolute Gasteiger partial charge is 0.266 e. The quantitative estimate of drug-likeness (QED) is 0.591. The van der Waals surface area contributed by atoms with E-state index in [9.17, 15) is 10.1 Å². The van der Waals surface area contributed by atoms with Gasteiger partial charge in [0.05, 0.1) is 15.7 Å². The predicted octanol–water partition coefficient (Wildman–Crippen LogP) is 4.92. The zero-order valence-electron chi connectivity index (χ0n) is 12.5. The molecule has 126 valence electrons. The first kappa shape index (κ1) is 17.4. The van der Waals surface area contributed by atoms with Gasteiger partial charge >= 0.3 is 0 Å². The highest BCUT2D eigenvalue weighted by atomic mass is 35.5. The Morgan fingerprint density at radius 2 is 1.80 bits per heavy atom. The fraction of sp³-hybridized carbons (Fsp3) is 0.0588. The molecule has 0 bridgehead atoms. The first-order valence-electron chi connectivity index (χ1n) is 6.95. The van der Waals surface area contributed by atoms with Crippen LogP contribution in [0.3, 0.4) is 0 Å². The van der Waals surface area contributed by atoms with Gasteiger partial charge in [0.1, 0.15) is 11.6 Å². The average Bonchev–Trinajstić information content (AvgIpc) is 3.03. The maximum atomic E-state index is 12.4. The number of nitrogens with one attached hydrogen (secondary N) is 1. The highest BCUT2D eigenvalue weighted by molar-refractivity contribution is 6.42. The van der Waals surface area contributed by atoms with Crippen molar-refractivity contribution in [1.82, 2.24) is 0 Å². The van der Waals surface area contributed by atoms with Crippen LogP contribution in [0.4, 0.5) is 5.69 Å². The van der Waals surface area contributed by atoms with Gasteiger partial charge in [0.15, 0.2) is 11.5 Å². The number of fused-ring (bicyclic) bond motifs is 1. The van der Waals surface area contributed by atoms with Crippen LogP contribution in [-0.2, 0) is 4.79 Å². The number of halogens is 3. The lowest BCUT2D eigenvalue weighted by atomic mass is 10.1. The molecule has 1 amide bonds. The first-order chi connectivity index (χ1) is 12.0. The fourth-order valence-corrected chi connectivity index (χ4v) is 3.07. The lowest BCUT2D eigenvalue weighted by molar-refractivity contribution is -0.112. The zero-order chi connectivity index (χ0) is 18.0.